The molecule has 1 aliphatic heterocycles. The molecule has 0 radical (unpaired) electrons. The van der Waals surface area contributed by atoms with Gasteiger partial charge in [-0.1, -0.05) is 0 Å². The molecule has 1 atom stereocenters. The first-order valence-corrected chi connectivity index (χ1v) is 10.3. The maximum absolute atomic E-state index is 11.7. The van der Waals surface area contributed by atoms with Crippen molar-refractivity contribution in [2.75, 3.05) is 13.2 Å². The lowest BCUT2D eigenvalue weighted by Gasteiger charge is -2.32. The van der Waals surface area contributed by atoms with Crippen molar-refractivity contribution in [3.05, 3.63) is 35.9 Å². The van der Waals surface area contributed by atoms with Gasteiger partial charge in [-0.2, -0.15) is 0 Å². The highest BCUT2D eigenvalue weighted by molar-refractivity contribution is 5.81. The number of aliphatic hydroxyl groups is 1. The van der Waals surface area contributed by atoms with Crippen LogP contribution in [0.4, 0.5) is 0 Å². The summed E-state index contributed by atoms with van der Waals surface area (Å²) in [6, 6.07) is 7.64. The Morgan fingerprint density at radius 2 is 1.47 bits per heavy atom. The van der Waals surface area contributed by atoms with Crippen LogP contribution < -0.4 is 18.9 Å². The molecule has 1 heterocycles. The molecule has 0 saturated heterocycles. The third-order valence-corrected chi connectivity index (χ3v) is 4.74. The van der Waals surface area contributed by atoms with Gasteiger partial charge in [0.05, 0.1) is 0 Å². The summed E-state index contributed by atoms with van der Waals surface area (Å²) in [7, 11) is 0. The van der Waals surface area contributed by atoms with Gasteiger partial charge in [-0.3, -0.25) is 19.2 Å². The van der Waals surface area contributed by atoms with E-state index in [1.165, 1.54) is 45.9 Å². The van der Waals surface area contributed by atoms with Crippen LogP contribution in [-0.2, 0) is 30.3 Å². The van der Waals surface area contributed by atoms with Gasteiger partial charge in [-0.25, -0.2) is 0 Å². The van der Waals surface area contributed by atoms with Crippen LogP contribution in [0.1, 0.15) is 33.3 Å². The Morgan fingerprint density at radius 1 is 0.853 bits per heavy atom. The normalized spacial score (nSPS) is 16.5. The second-order valence-electron chi connectivity index (χ2n) is 7.87. The fourth-order valence-corrected chi connectivity index (χ4v) is 3.49. The van der Waals surface area contributed by atoms with E-state index in [-0.39, 0.29) is 42.6 Å². The SMILES string of the molecule is CC(=O)OCC1(O)COc2cc(OC(C)=O)ccc2-c2cc(OC(C)=O)c(OC(C)=O)cc2C1. The molecular formula is C24H24O10. The van der Waals surface area contributed by atoms with Crippen LogP contribution in [0, 0.1) is 0 Å². The summed E-state index contributed by atoms with van der Waals surface area (Å²) in [5, 5.41) is 11.2. The molecule has 1 unspecified atom stereocenters. The van der Waals surface area contributed by atoms with Crippen molar-refractivity contribution in [1.82, 2.24) is 0 Å². The molecule has 0 aromatic heterocycles. The molecule has 1 N–H and O–H groups in total. The molecule has 34 heavy (non-hydrogen) atoms. The topological polar surface area (TPSA) is 135 Å². The molecule has 0 bridgehead atoms. The van der Waals surface area contributed by atoms with E-state index in [1.807, 2.05) is 0 Å². The van der Waals surface area contributed by atoms with Gasteiger partial charge >= 0.3 is 23.9 Å². The first-order valence-electron chi connectivity index (χ1n) is 10.3. The number of hydrogen-bond acceptors (Lipinski definition) is 10. The molecule has 0 saturated carbocycles. The summed E-state index contributed by atoms with van der Waals surface area (Å²) in [5.41, 5.74) is -0.0984. The molecule has 2 aromatic rings. The van der Waals surface area contributed by atoms with Crippen LogP contribution in [0.25, 0.3) is 11.1 Å². The zero-order chi connectivity index (χ0) is 25.0. The van der Waals surface area contributed by atoms with E-state index < -0.39 is 29.5 Å². The van der Waals surface area contributed by atoms with Gasteiger partial charge in [0.2, 0.25) is 0 Å². The first-order chi connectivity index (χ1) is 16.0. The van der Waals surface area contributed by atoms with E-state index in [0.29, 0.717) is 16.7 Å². The number of ether oxygens (including phenoxy) is 5. The van der Waals surface area contributed by atoms with Gasteiger partial charge in [-0.15, -0.1) is 0 Å². The zero-order valence-electron chi connectivity index (χ0n) is 19.1. The molecule has 10 nitrogen and oxygen atoms in total. The van der Waals surface area contributed by atoms with Crippen LogP contribution in [0.5, 0.6) is 23.0 Å². The molecule has 0 amide bonds. The minimum absolute atomic E-state index is 0.0134. The molecule has 0 spiro atoms. The highest BCUT2D eigenvalue weighted by Gasteiger charge is 2.35. The lowest BCUT2D eigenvalue weighted by Crippen LogP contribution is -2.44. The van der Waals surface area contributed by atoms with E-state index in [1.54, 1.807) is 12.1 Å². The molecule has 10 heteroatoms. The van der Waals surface area contributed by atoms with E-state index in [2.05, 4.69) is 0 Å². The van der Waals surface area contributed by atoms with Crippen LogP contribution in [0.2, 0.25) is 0 Å². The van der Waals surface area contributed by atoms with E-state index in [4.69, 9.17) is 23.7 Å². The average Bonchev–Trinajstić information content (AvgIpc) is 2.71. The van der Waals surface area contributed by atoms with Gasteiger partial charge in [-0.05, 0) is 35.4 Å². The largest absolute Gasteiger partial charge is 0.490 e. The van der Waals surface area contributed by atoms with Gasteiger partial charge in [0.25, 0.3) is 0 Å². The fraction of sp³-hybridized carbons (Fsp3) is 0.333. The standard InChI is InChI=1S/C24H24O10/c1-13(25)30-11-24(29)10-17-7-22(33-15(3)27)23(34-16(4)28)9-20(17)19-6-5-18(32-14(2)26)8-21(19)31-12-24/h5-9,29H,10-12H2,1-4H3. The summed E-state index contributed by atoms with van der Waals surface area (Å²) in [5.74, 6) is -1.93. The third kappa shape index (κ3) is 6.10. The van der Waals surface area contributed by atoms with Gasteiger partial charge in [0.1, 0.15) is 30.3 Å². The molecule has 1 aliphatic rings. The first kappa shape index (κ1) is 24.7. The Bertz CT molecular complexity index is 1150. The number of benzene rings is 2. The smallest absolute Gasteiger partial charge is 0.308 e. The molecule has 180 valence electrons. The van der Waals surface area contributed by atoms with Crippen molar-refractivity contribution >= 4 is 23.9 Å². The Morgan fingerprint density at radius 3 is 2.06 bits per heavy atom. The van der Waals surface area contributed by atoms with Crippen molar-refractivity contribution < 1.29 is 48.0 Å². The summed E-state index contributed by atoms with van der Waals surface area (Å²) >= 11 is 0. The summed E-state index contributed by atoms with van der Waals surface area (Å²) in [6.07, 6.45) is -0.0463. The number of esters is 4. The third-order valence-electron chi connectivity index (χ3n) is 4.74. The minimum atomic E-state index is -1.65. The Kier molecular flexibility index (Phi) is 7.21. The quantitative estimate of drug-likeness (QED) is 0.510. The van der Waals surface area contributed by atoms with Crippen LogP contribution in [0.3, 0.4) is 0 Å². The lowest BCUT2D eigenvalue weighted by molar-refractivity contribution is -0.150. The molecular weight excluding hydrogens is 448 g/mol. The van der Waals surface area contributed by atoms with Crippen molar-refractivity contribution in [2.24, 2.45) is 0 Å². The maximum atomic E-state index is 11.7. The molecule has 0 aliphatic carbocycles. The van der Waals surface area contributed by atoms with Crippen LogP contribution in [0.15, 0.2) is 30.3 Å². The fourth-order valence-electron chi connectivity index (χ4n) is 3.49. The van der Waals surface area contributed by atoms with E-state index >= 15 is 0 Å². The highest BCUT2D eigenvalue weighted by Crippen LogP contribution is 2.43. The van der Waals surface area contributed by atoms with Crippen LogP contribution in [-0.4, -0.2) is 47.8 Å². The second kappa shape index (κ2) is 9.92. The molecule has 3 rings (SSSR count). The maximum Gasteiger partial charge on any atom is 0.308 e. The minimum Gasteiger partial charge on any atom is -0.490 e. The highest BCUT2D eigenvalue weighted by atomic mass is 16.6. The van der Waals surface area contributed by atoms with Gasteiger partial charge < -0.3 is 28.8 Å². The summed E-state index contributed by atoms with van der Waals surface area (Å²) in [6.45, 7) is 4.25. The Labute approximate surface area is 195 Å². The lowest BCUT2D eigenvalue weighted by atomic mass is 9.88. The number of rotatable bonds is 5. The van der Waals surface area contributed by atoms with Crippen molar-refractivity contribution in [3.63, 3.8) is 0 Å². The predicted molar refractivity (Wildman–Crippen MR) is 117 cm³/mol. The Balaban J connectivity index is 2.20. The van der Waals surface area contributed by atoms with Gasteiger partial charge in [0.15, 0.2) is 11.5 Å². The molecule has 2 aromatic carbocycles. The number of carbonyl (C=O) groups excluding carboxylic acids is 4. The van der Waals surface area contributed by atoms with Crippen LogP contribution >= 0.6 is 0 Å². The summed E-state index contributed by atoms with van der Waals surface area (Å²) < 4.78 is 26.5. The van der Waals surface area contributed by atoms with Crippen molar-refractivity contribution in [1.29, 1.82) is 0 Å². The van der Waals surface area contributed by atoms with Gasteiger partial charge in [0, 0.05) is 45.7 Å². The number of carbonyl (C=O) groups is 4. The second-order valence-corrected chi connectivity index (χ2v) is 7.87. The average molecular weight is 472 g/mol. The predicted octanol–water partition coefficient (Wildman–Crippen LogP) is 2.36. The summed E-state index contributed by atoms with van der Waals surface area (Å²) in [4.78, 5) is 46.1. The number of fused-ring (bicyclic) bond motifs is 3. The van der Waals surface area contributed by atoms with Crippen molar-refractivity contribution in [2.45, 2.75) is 39.7 Å². The number of hydrogen-bond donors (Lipinski definition) is 1. The molecule has 0 fully saturated rings. The zero-order valence-corrected chi connectivity index (χ0v) is 19.1. The van der Waals surface area contributed by atoms with E-state index in [0.717, 1.165) is 0 Å². The Hall–Kier alpha value is -3.92. The van der Waals surface area contributed by atoms with E-state index in [9.17, 15) is 24.3 Å². The monoisotopic (exact) mass is 472 g/mol. The van der Waals surface area contributed by atoms with Crippen molar-refractivity contribution in [3.8, 4) is 34.1 Å².